The van der Waals surface area contributed by atoms with E-state index in [-0.39, 0.29) is 12.3 Å². The van der Waals surface area contributed by atoms with Crippen LogP contribution in [0.2, 0.25) is 0 Å². The minimum atomic E-state index is -3.34. The molecule has 0 aliphatic carbocycles. The predicted octanol–water partition coefficient (Wildman–Crippen LogP) is 0.0904. The molecule has 14 heavy (non-hydrogen) atoms. The molecule has 6 heteroatoms. The summed E-state index contributed by atoms with van der Waals surface area (Å²) in [5, 5.41) is 0. The van der Waals surface area contributed by atoms with Crippen LogP contribution in [-0.4, -0.2) is 25.7 Å². The molecule has 1 aromatic rings. The summed E-state index contributed by atoms with van der Waals surface area (Å²) < 4.78 is 24.8. The summed E-state index contributed by atoms with van der Waals surface area (Å²) in [5.41, 5.74) is 6.13. The number of hydrogen-bond acceptors (Lipinski definition) is 4. The molecule has 0 bridgehead atoms. The third-order valence-corrected chi connectivity index (χ3v) is 2.85. The molecule has 0 aromatic carbocycles. The van der Waals surface area contributed by atoms with Gasteiger partial charge in [-0.1, -0.05) is 6.07 Å². The number of anilines is 1. The van der Waals surface area contributed by atoms with Crippen LogP contribution in [0.4, 0.5) is 5.82 Å². The Bertz CT molecular complexity index is 386. The molecule has 1 heterocycles. The van der Waals surface area contributed by atoms with Gasteiger partial charge in [-0.2, -0.15) is 0 Å². The molecular formula is C8H13N3O2S. The first-order valence-electron chi connectivity index (χ1n) is 4.17. The molecule has 5 nitrogen and oxygen atoms in total. The quantitative estimate of drug-likeness (QED) is 0.745. The van der Waals surface area contributed by atoms with Crippen LogP contribution >= 0.6 is 0 Å². The zero-order valence-corrected chi connectivity index (χ0v) is 8.71. The topological polar surface area (TPSA) is 85.1 Å². The Morgan fingerprint density at radius 3 is 2.71 bits per heavy atom. The molecule has 3 N–H and O–H groups in total. The number of pyridine rings is 1. The Hall–Kier alpha value is -1.14. The number of nitrogens with zero attached hydrogens (tertiary/aromatic N) is 1. The number of aromatic nitrogens is 1. The molecule has 1 aromatic heterocycles. The van der Waals surface area contributed by atoms with Crippen LogP contribution in [0.3, 0.4) is 0 Å². The second-order valence-corrected chi connectivity index (χ2v) is 4.77. The molecule has 0 aliphatic rings. The number of rotatable bonds is 4. The molecule has 0 unspecified atom stereocenters. The van der Waals surface area contributed by atoms with Gasteiger partial charge < -0.3 is 5.73 Å². The highest BCUT2D eigenvalue weighted by Gasteiger charge is 2.08. The molecule has 0 amide bonds. The fourth-order valence-electron chi connectivity index (χ4n) is 0.894. The molecule has 0 saturated carbocycles. The molecule has 0 aliphatic heterocycles. The highest BCUT2D eigenvalue weighted by atomic mass is 32.2. The van der Waals surface area contributed by atoms with E-state index in [2.05, 4.69) is 9.71 Å². The summed E-state index contributed by atoms with van der Waals surface area (Å²) in [6, 6.07) is 3.40. The average Bonchev–Trinajstić information content (AvgIpc) is 2.08. The van der Waals surface area contributed by atoms with Gasteiger partial charge in [-0.15, -0.1) is 0 Å². The minimum absolute atomic E-state index is 0.0947. The Morgan fingerprint density at radius 2 is 2.21 bits per heavy atom. The van der Waals surface area contributed by atoms with Gasteiger partial charge in [0.15, 0.2) is 0 Å². The summed E-state index contributed by atoms with van der Waals surface area (Å²) in [6.45, 7) is 1.98. The number of nitrogens with two attached hydrogens (primary N) is 1. The first-order chi connectivity index (χ1) is 6.53. The lowest BCUT2D eigenvalue weighted by molar-refractivity contribution is 0.601. The van der Waals surface area contributed by atoms with Crippen molar-refractivity contribution in [3.05, 3.63) is 23.9 Å². The second-order valence-electron chi connectivity index (χ2n) is 2.93. The first kappa shape index (κ1) is 10.9. The standard InChI is InChI=1S/C8H13N3O2S/c1-7-2-3-8(10-6-7)11-14(12,13)5-4-9/h2-3,6H,4-5,9H2,1H3,(H,10,11). The van der Waals surface area contributed by atoms with Crippen molar-refractivity contribution in [2.45, 2.75) is 6.92 Å². The lowest BCUT2D eigenvalue weighted by Crippen LogP contribution is -2.22. The maximum atomic E-state index is 11.3. The van der Waals surface area contributed by atoms with Gasteiger partial charge in [0.05, 0.1) is 5.75 Å². The third kappa shape index (κ3) is 3.31. The molecular weight excluding hydrogens is 202 g/mol. The number of aryl methyl sites for hydroxylation is 1. The summed E-state index contributed by atoms with van der Waals surface area (Å²) in [5.74, 6) is 0.229. The van der Waals surface area contributed by atoms with E-state index < -0.39 is 10.0 Å². The Kier molecular flexibility index (Phi) is 3.43. The second kappa shape index (κ2) is 4.39. The summed E-state index contributed by atoms with van der Waals surface area (Å²) in [6.07, 6.45) is 1.60. The third-order valence-electron chi connectivity index (χ3n) is 1.56. The van der Waals surface area contributed by atoms with E-state index in [0.29, 0.717) is 5.82 Å². The Morgan fingerprint density at radius 1 is 1.50 bits per heavy atom. The molecule has 0 spiro atoms. The highest BCUT2D eigenvalue weighted by molar-refractivity contribution is 7.92. The van der Waals surface area contributed by atoms with E-state index in [1.807, 2.05) is 6.92 Å². The lowest BCUT2D eigenvalue weighted by atomic mass is 10.3. The van der Waals surface area contributed by atoms with E-state index >= 15 is 0 Å². The van der Waals surface area contributed by atoms with Crippen LogP contribution < -0.4 is 10.5 Å². The van der Waals surface area contributed by atoms with Crippen LogP contribution in [0.25, 0.3) is 0 Å². The van der Waals surface area contributed by atoms with E-state index in [1.54, 1.807) is 18.3 Å². The van der Waals surface area contributed by atoms with Crippen molar-refractivity contribution >= 4 is 15.8 Å². The van der Waals surface area contributed by atoms with Crippen molar-refractivity contribution in [2.24, 2.45) is 5.73 Å². The van der Waals surface area contributed by atoms with E-state index in [0.717, 1.165) is 5.56 Å². The molecule has 0 saturated heterocycles. The van der Waals surface area contributed by atoms with Gasteiger partial charge in [0.2, 0.25) is 10.0 Å². The Balaban J connectivity index is 2.74. The van der Waals surface area contributed by atoms with E-state index in [4.69, 9.17) is 5.73 Å². The van der Waals surface area contributed by atoms with E-state index in [1.165, 1.54) is 0 Å². The largest absolute Gasteiger partial charge is 0.329 e. The van der Waals surface area contributed by atoms with Crippen LogP contribution in [-0.2, 0) is 10.0 Å². The van der Waals surface area contributed by atoms with Gasteiger partial charge in [-0.25, -0.2) is 13.4 Å². The van der Waals surface area contributed by atoms with Crippen LogP contribution in [0.5, 0.6) is 0 Å². The van der Waals surface area contributed by atoms with Crippen LogP contribution in [0.15, 0.2) is 18.3 Å². The van der Waals surface area contributed by atoms with Crippen molar-refractivity contribution in [1.82, 2.24) is 4.98 Å². The maximum Gasteiger partial charge on any atom is 0.235 e. The molecule has 0 radical (unpaired) electrons. The zero-order valence-electron chi connectivity index (χ0n) is 7.90. The van der Waals surface area contributed by atoms with Gasteiger partial charge in [0.25, 0.3) is 0 Å². The summed E-state index contributed by atoms with van der Waals surface area (Å²) in [4.78, 5) is 3.91. The summed E-state index contributed by atoms with van der Waals surface area (Å²) in [7, 11) is -3.34. The average molecular weight is 215 g/mol. The normalized spacial score (nSPS) is 11.3. The summed E-state index contributed by atoms with van der Waals surface area (Å²) >= 11 is 0. The van der Waals surface area contributed by atoms with Crippen molar-refractivity contribution < 1.29 is 8.42 Å². The van der Waals surface area contributed by atoms with Crippen molar-refractivity contribution in [1.29, 1.82) is 0 Å². The molecule has 1 rings (SSSR count). The lowest BCUT2D eigenvalue weighted by Gasteiger charge is -2.05. The Labute approximate surface area is 83.4 Å². The SMILES string of the molecule is Cc1ccc(NS(=O)(=O)CCN)nc1. The molecule has 78 valence electrons. The predicted molar refractivity (Wildman–Crippen MR) is 55.4 cm³/mol. The van der Waals surface area contributed by atoms with E-state index in [9.17, 15) is 8.42 Å². The van der Waals surface area contributed by atoms with Gasteiger partial charge in [-0.3, -0.25) is 4.72 Å². The first-order valence-corrected chi connectivity index (χ1v) is 5.82. The van der Waals surface area contributed by atoms with Gasteiger partial charge in [0, 0.05) is 12.7 Å². The van der Waals surface area contributed by atoms with Gasteiger partial charge in [0.1, 0.15) is 5.82 Å². The van der Waals surface area contributed by atoms with Crippen LogP contribution in [0.1, 0.15) is 5.56 Å². The number of hydrogen-bond donors (Lipinski definition) is 2. The molecule has 0 fully saturated rings. The number of nitrogens with one attached hydrogen (secondary N) is 1. The van der Waals surface area contributed by atoms with Crippen LogP contribution in [0, 0.1) is 6.92 Å². The van der Waals surface area contributed by atoms with Crippen molar-refractivity contribution in [3.8, 4) is 0 Å². The van der Waals surface area contributed by atoms with Crippen molar-refractivity contribution in [3.63, 3.8) is 0 Å². The monoisotopic (exact) mass is 215 g/mol. The van der Waals surface area contributed by atoms with Gasteiger partial charge >= 0.3 is 0 Å². The number of sulfonamides is 1. The van der Waals surface area contributed by atoms with Crippen molar-refractivity contribution in [2.75, 3.05) is 17.0 Å². The highest BCUT2D eigenvalue weighted by Crippen LogP contribution is 2.05. The smallest absolute Gasteiger partial charge is 0.235 e. The zero-order chi connectivity index (χ0) is 10.6. The molecule has 0 atom stereocenters. The fourth-order valence-corrected chi connectivity index (χ4v) is 1.75. The minimum Gasteiger partial charge on any atom is -0.329 e. The fraction of sp³-hybridized carbons (Fsp3) is 0.375. The van der Waals surface area contributed by atoms with Gasteiger partial charge in [-0.05, 0) is 18.6 Å². The maximum absolute atomic E-state index is 11.3.